The maximum Gasteiger partial charge on any atom is 0.180 e. The summed E-state index contributed by atoms with van der Waals surface area (Å²) in [6.45, 7) is 2.91. The molecule has 4 unspecified atom stereocenters. The Kier molecular flexibility index (Phi) is 28.3. The second-order valence-electron chi connectivity index (χ2n) is 5.63. The molecule has 28 heavy (non-hydrogen) atoms. The van der Waals surface area contributed by atoms with Crippen molar-refractivity contribution >= 4 is 0 Å². The van der Waals surface area contributed by atoms with Crippen LogP contribution in [0, 0.1) is 5.92 Å². The van der Waals surface area contributed by atoms with E-state index >= 15 is 0 Å². The Morgan fingerprint density at radius 1 is 0.714 bits per heavy atom. The molecule has 11 heteroatoms. The summed E-state index contributed by atoms with van der Waals surface area (Å²) in [5.74, 6) is 0.0972. The largest absolute Gasteiger partial charge is 0.396 e. The first-order chi connectivity index (χ1) is 13.3. The van der Waals surface area contributed by atoms with Gasteiger partial charge in [0, 0.05) is 33.4 Å². The molecule has 0 aliphatic heterocycles. The molecule has 0 radical (unpaired) electrons. The summed E-state index contributed by atoms with van der Waals surface area (Å²) in [4.78, 5) is 0. The van der Waals surface area contributed by atoms with Gasteiger partial charge in [0.15, 0.2) is 12.6 Å². The molecule has 0 aliphatic rings. The van der Waals surface area contributed by atoms with E-state index in [2.05, 4.69) is 9.47 Å². The van der Waals surface area contributed by atoms with Crippen LogP contribution in [0.5, 0.6) is 0 Å². The van der Waals surface area contributed by atoms with Gasteiger partial charge in [-0.2, -0.15) is 0 Å². The Balaban J connectivity index is -0.000000343. The molecule has 0 aliphatic carbocycles. The smallest absolute Gasteiger partial charge is 0.180 e. The minimum atomic E-state index is -0.917. The van der Waals surface area contributed by atoms with Crippen LogP contribution in [0.4, 0.5) is 0 Å². The number of aliphatic hydroxyl groups is 7. The van der Waals surface area contributed by atoms with E-state index in [1.807, 2.05) is 6.92 Å². The molecule has 0 aromatic rings. The molecule has 0 heterocycles. The van der Waals surface area contributed by atoms with Gasteiger partial charge >= 0.3 is 0 Å². The van der Waals surface area contributed by atoms with Gasteiger partial charge in [-0.1, -0.05) is 6.92 Å². The zero-order chi connectivity index (χ0) is 22.4. The summed E-state index contributed by atoms with van der Waals surface area (Å²) in [5.41, 5.74) is 0. The summed E-state index contributed by atoms with van der Waals surface area (Å²) >= 11 is 0. The summed E-state index contributed by atoms with van der Waals surface area (Å²) in [6.07, 6.45) is -1.71. The van der Waals surface area contributed by atoms with Gasteiger partial charge in [-0.05, 0) is 13.3 Å². The van der Waals surface area contributed by atoms with E-state index in [-0.39, 0.29) is 58.3 Å². The van der Waals surface area contributed by atoms with Crippen LogP contribution >= 0.6 is 0 Å². The number of rotatable bonds is 14. The van der Waals surface area contributed by atoms with Crippen molar-refractivity contribution in [3.63, 3.8) is 0 Å². The molecule has 0 rings (SSSR count). The molecule has 0 fully saturated rings. The topological polar surface area (TPSA) is 179 Å². The molecule has 4 atom stereocenters. The first-order valence-corrected chi connectivity index (χ1v) is 8.99. The van der Waals surface area contributed by atoms with Gasteiger partial charge in [-0.15, -0.1) is 0 Å². The first kappa shape index (κ1) is 32.2. The van der Waals surface area contributed by atoms with Crippen molar-refractivity contribution in [3.05, 3.63) is 0 Å². The molecule has 0 aromatic heterocycles. The number of aliphatic hydroxyl groups excluding tert-OH is 7. The van der Waals surface area contributed by atoms with Crippen LogP contribution < -0.4 is 0 Å². The van der Waals surface area contributed by atoms with E-state index in [0.29, 0.717) is 0 Å². The molecule has 7 N–H and O–H groups in total. The van der Waals surface area contributed by atoms with E-state index in [4.69, 9.17) is 45.2 Å². The number of hydrogen-bond donors (Lipinski definition) is 7. The van der Waals surface area contributed by atoms with Crippen molar-refractivity contribution in [2.45, 2.75) is 45.1 Å². The van der Waals surface area contributed by atoms with Crippen molar-refractivity contribution in [1.82, 2.24) is 0 Å². The zero-order valence-electron chi connectivity index (χ0n) is 17.3. The number of methoxy groups -OCH3 is 2. The predicted octanol–water partition coefficient (Wildman–Crippen LogP) is -2.33. The Morgan fingerprint density at radius 3 is 1.46 bits per heavy atom. The average Bonchev–Trinajstić information content (AvgIpc) is 2.74. The Hall–Kier alpha value is -0.440. The van der Waals surface area contributed by atoms with Gasteiger partial charge in [0.2, 0.25) is 0 Å². The summed E-state index contributed by atoms with van der Waals surface area (Å²) in [6, 6.07) is 0. The van der Waals surface area contributed by atoms with Gasteiger partial charge < -0.3 is 54.7 Å². The molecule has 174 valence electrons. The van der Waals surface area contributed by atoms with Crippen LogP contribution in [0.3, 0.4) is 0 Å². The van der Waals surface area contributed by atoms with Crippen molar-refractivity contribution in [3.8, 4) is 0 Å². The average molecular weight is 420 g/mol. The van der Waals surface area contributed by atoms with Crippen LogP contribution in [0.25, 0.3) is 0 Å². The second kappa shape index (κ2) is 24.6. The van der Waals surface area contributed by atoms with Crippen LogP contribution in [-0.2, 0) is 18.9 Å². The fraction of sp³-hybridized carbons (Fsp3) is 1.00. The molecule has 0 saturated heterocycles. The van der Waals surface area contributed by atoms with Crippen molar-refractivity contribution < 1.29 is 54.7 Å². The maximum absolute atomic E-state index is 8.79. The molecular formula is C17H40O11. The summed E-state index contributed by atoms with van der Waals surface area (Å²) in [7, 11) is 2.82. The van der Waals surface area contributed by atoms with Crippen LogP contribution in [-0.4, -0.2) is 121 Å². The lowest BCUT2D eigenvalue weighted by Crippen LogP contribution is -2.27. The normalized spacial score (nSPS) is 15.0. The first-order valence-electron chi connectivity index (χ1n) is 8.99. The molecule has 0 spiro atoms. The van der Waals surface area contributed by atoms with E-state index in [9.17, 15) is 0 Å². The van der Waals surface area contributed by atoms with Gasteiger partial charge in [0.1, 0.15) is 6.10 Å². The Labute approximate surface area is 167 Å². The standard InChI is InChI=1S/C6H14O5.C6H14O4.C5H12O2/c1-10-6(3-8)11-4-5(9)2-7;1-5(3-7)10-6(4-8)9-2;1-2-5(3-6)4-7/h5-9H,2-4H2,1H3;5-8H,3-4H2,1-2H3;5-7H,2-4H2,1H3. The van der Waals surface area contributed by atoms with Crippen LogP contribution in [0.2, 0.25) is 0 Å². The Morgan fingerprint density at radius 2 is 1.21 bits per heavy atom. The second-order valence-corrected chi connectivity index (χ2v) is 5.63. The van der Waals surface area contributed by atoms with Crippen LogP contribution in [0.1, 0.15) is 20.3 Å². The third-order valence-electron chi connectivity index (χ3n) is 3.24. The number of hydrogen-bond acceptors (Lipinski definition) is 11. The molecular weight excluding hydrogens is 380 g/mol. The zero-order valence-corrected chi connectivity index (χ0v) is 17.3. The van der Waals surface area contributed by atoms with Crippen LogP contribution in [0.15, 0.2) is 0 Å². The highest BCUT2D eigenvalue weighted by Gasteiger charge is 2.09. The lowest BCUT2D eigenvalue weighted by Gasteiger charge is -2.17. The monoisotopic (exact) mass is 420 g/mol. The van der Waals surface area contributed by atoms with Crippen molar-refractivity contribution in [1.29, 1.82) is 0 Å². The lowest BCUT2D eigenvalue weighted by molar-refractivity contribution is -0.176. The van der Waals surface area contributed by atoms with E-state index in [1.54, 1.807) is 6.92 Å². The highest BCUT2D eigenvalue weighted by molar-refractivity contribution is 4.50. The van der Waals surface area contributed by atoms with E-state index in [1.165, 1.54) is 14.2 Å². The van der Waals surface area contributed by atoms with Gasteiger partial charge in [0.05, 0.1) is 39.1 Å². The molecule has 11 nitrogen and oxygen atoms in total. The highest BCUT2D eigenvalue weighted by Crippen LogP contribution is 1.97. The third-order valence-corrected chi connectivity index (χ3v) is 3.24. The summed E-state index contributed by atoms with van der Waals surface area (Å²) < 4.78 is 19.1. The third kappa shape index (κ3) is 21.9. The molecule has 0 aromatic carbocycles. The summed E-state index contributed by atoms with van der Waals surface area (Å²) in [5, 5.41) is 59.4. The van der Waals surface area contributed by atoms with Crippen molar-refractivity contribution in [2.24, 2.45) is 5.92 Å². The maximum atomic E-state index is 8.79. The van der Waals surface area contributed by atoms with Gasteiger partial charge in [-0.3, -0.25) is 0 Å². The van der Waals surface area contributed by atoms with Gasteiger partial charge in [0.25, 0.3) is 0 Å². The SMILES string of the molecule is CCC(CO)CO.COC(CO)OC(C)CO.COC(CO)OCC(O)CO. The number of ether oxygens (including phenoxy) is 4. The fourth-order valence-electron chi connectivity index (χ4n) is 1.26. The minimum absolute atomic E-state index is 0.0461. The van der Waals surface area contributed by atoms with E-state index < -0.39 is 18.7 Å². The Bertz CT molecular complexity index is 266. The highest BCUT2D eigenvalue weighted by atomic mass is 16.7. The molecule has 0 saturated carbocycles. The molecule has 0 amide bonds. The van der Waals surface area contributed by atoms with Crippen molar-refractivity contribution in [2.75, 3.05) is 60.5 Å². The van der Waals surface area contributed by atoms with Gasteiger partial charge in [-0.25, -0.2) is 0 Å². The van der Waals surface area contributed by atoms with E-state index in [0.717, 1.165) is 6.42 Å². The fourth-order valence-corrected chi connectivity index (χ4v) is 1.26. The predicted molar refractivity (Wildman–Crippen MR) is 100 cm³/mol. The minimum Gasteiger partial charge on any atom is -0.396 e. The molecule has 0 bridgehead atoms. The lowest BCUT2D eigenvalue weighted by atomic mass is 10.1. The quantitative estimate of drug-likeness (QED) is 0.150.